The molecule has 0 fully saturated rings. The number of benzene rings is 1. The molecule has 29 heavy (non-hydrogen) atoms. The first kappa shape index (κ1) is 20.3. The lowest BCUT2D eigenvalue weighted by Crippen LogP contribution is -2.27. The molecule has 0 saturated carbocycles. The largest absolute Gasteiger partial charge is 0.501 e. The molecule has 0 bridgehead atoms. The van der Waals surface area contributed by atoms with Gasteiger partial charge in [-0.1, -0.05) is 0 Å². The summed E-state index contributed by atoms with van der Waals surface area (Å²) in [5, 5.41) is 9.93. The van der Waals surface area contributed by atoms with Crippen LogP contribution in [-0.4, -0.2) is 43.8 Å². The number of halogens is 5. The summed E-state index contributed by atoms with van der Waals surface area (Å²) in [6, 6.07) is 1.53. The summed E-state index contributed by atoms with van der Waals surface area (Å²) in [5.41, 5.74) is -5.19. The fourth-order valence-electron chi connectivity index (χ4n) is 4.03. The minimum absolute atomic E-state index is 0.150. The predicted molar refractivity (Wildman–Crippen MR) is 91.9 cm³/mol. The molecule has 1 aliphatic heterocycles. The van der Waals surface area contributed by atoms with Crippen molar-refractivity contribution in [2.24, 2.45) is 4.99 Å². The topological polar surface area (TPSA) is 76.0 Å². The number of hydrogen-bond donors (Lipinski definition) is 1. The molecule has 0 spiro atoms. The third kappa shape index (κ3) is 3.14. The van der Waals surface area contributed by atoms with Gasteiger partial charge < -0.3 is 9.84 Å². The van der Waals surface area contributed by atoms with Crippen LogP contribution in [0.3, 0.4) is 0 Å². The Balaban J connectivity index is 1.80. The van der Waals surface area contributed by atoms with E-state index in [1.807, 2.05) is 0 Å². The fraction of sp³-hybridized carbons (Fsp3) is 0.500. The van der Waals surface area contributed by atoms with Crippen molar-refractivity contribution in [2.75, 3.05) is 6.54 Å². The molecule has 3 aliphatic rings. The molecule has 5 nitrogen and oxygen atoms in total. The standard InChI is InChI=1S/C18H16F5NO4S/c19-17(20)6-10-13(28-12-3-1-2-9-7-24-8-11(9)12)4-5-14(15(10)16(17)25)29(26,27)18(21,22)23/h4-5,7,12,16,25H,1-3,6,8H2/t12-,16+/m1/s1. The van der Waals surface area contributed by atoms with Crippen LogP contribution in [0, 0.1) is 0 Å². The van der Waals surface area contributed by atoms with E-state index in [0.717, 1.165) is 30.1 Å². The summed E-state index contributed by atoms with van der Waals surface area (Å²) in [4.78, 5) is 2.79. The first-order valence-corrected chi connectivity index (χ1v) is 10.3. The third-order valence-electron chi connectivity index (χ3n) is 5.45. The van der Waals surface area contributed by atoms with Crippen LogP contribution < -0.4 is 4.74 Å². The van der Waals surface area contributed by atoms with Crippen molar-refractivity contribution < 1.29 is 40.2 Å². The molecule has 1 aromatic rings. The van der Waals surface area contributed by atoms with Gasteiger partial charge in [0.1, 0.15) is 18.0 Å². The lowest BCUT2D eigenvalue weighted by Gasteiger charge is -2.26. The molecule has 11 heteroatoms. The van der Waals surface area contributed by atoms with Gasteiger partial charge in [-0.25, -0.2) is 17.2 Å². The molecule has 0 radical (unpaired) electrons. The monoisotopic (exact) mass is 437 g/mol. The third-order valence-corrected chi connectivity index (χ3v) is 6.99. The van der Waals surface area contributed by atoms with Crippen LogP contribution in [-0.2, 0) is 16.3 Å². The summed E-state index contributed by atoms with van der Waals surface area (Å²) >= 11 is 0. The molecular weight excluding hydrogens is 421 g/mol. The van der Waals surface area contributed by atoms with Crippen LogP contribution >= 0.6 is 0 Å². The number of nitrogens with zero attached hydrogens (tertiary/aromatic N) is 1. The molecule has 0 unspecified atom stereocenters. The van der Waals surface area contributed by atoms with Crippen molar-refractivity contribution >= 4 is 16.1 Å². The lowest BCUT2D eigenvalue weighted by atomic mass is 9.91. The van der Waals surface area contributed by atoms with Crippen molar-refractivity contribution in [3.8, 4) is 5.75 Å². The Kier molecular flexibility index (Phi) is 4.54. The van der Waals surface area contributed by atoms with E-state index in [2.05, 4.69) is 4.99 Å². The summed E-state index contributed by atoms with van der Waals surface area (Å²) in [6.07, 6.45) is -0.446. The van der Waals surface area contributed by atoms with E-state index < -0.39 is 55.9 Å². The lowest BCUT2D eigenvalue weighted by molar-refractivity contribution is -0.0978. The second kappa shape index (κ2) is 6.49. The van der Waals surface area contributed by atoms with Gasteiger partial charge in [-0.05, 0) is 42.5 Å². The van der Waals surface area contributed by atoms with E-state index in [1.165, 1.54) is 0 Å². The molecule has 158 valence electrons. The maximum Gasteiger partial charge on any atom is 0.501 e. The highest BCUT2D eigenvalue weighted by Gasteiger charge is 2.55. The Hall–Kier alpha value is -2.01. The van der Waals surface area contributed by atoms with E-state index in [1.54, 1.807) is 6.21 Å². The molecule has 2 aliphatic carbocycles. The molecule has 0 aromatic heterocycles. The van der Waals surface area contributed by atoms with Crippen molar-refractivity contribution in [3.05, 3.63) is 34.4 Å². The second-order valence-corrected chi connectivity index (χ2v) is 9.17. The van der Waals surface area contributed by atoms with E-state index in [-0.39, 0.29) is 5.75 Å². The van der Waals surface area contributed by atoms with Gasteiger partial charge >= 0.3 is 5.51 Å². The van der Waals surface area contributed by atoms with Crippen molar-refractivity contribution in [1.29, 1.82) is 0 Å². The van der Waals surface area contributed by atoms with Crippen molar-refractivity contribution in [3.63, 3.8) is 0 Å². The van der Waals surface area contributed by atoms with Gasteiger partial charge in [-0.2, -0.15) is 13.2 Å². The highest BCUT2D eigenvalue weighted by molar-refractivity contribution is 7.92. The quantitative estimate of drug-likeness (QED) is 0.735. The normalized spacial score (nSPS) is 25.9. The highest BCUT2D eigenvalue weighted by atomic mass is 32.2. The minimum Gasteiger partial charge on any atom is -0.486 e. The Bertz CT molecular complexity index is 1030. The number of fused-ring (bicyclic) bond motifs is 1. The average Bonchev–Trinajstić information content (AvgIpc) is 3.18. The van der Waals surface area contributed by atoms with Gasteiger partial charge in [0, 0.05) is 23.8 Å². The maximum absolute atomic E-state index is 14.2. The number of sulfone groups is 1. The van der Waals surface area contributed by atoms with Crippen LogP contribution in [0.15, 0.2) is 33.2 Å². The number of aliphatic imine (C=N–C) groups is 1. The van der Waals surface area contributed by atoms with Crippen LogP contribution in [0.25, 0.3) is 0 Å². The van der Waals surface area contributed by atoms with Gasteiger partial charge in [0.15, 0.2) is 0 Å². The number of ether oxygens (including phenoxy) is 1. The molecule has 0 amide bonds. The predicted octanol–water partition coefficient (Wildman–Crippen LogP) is 3.52. The van der Waals surface area contributed by atoms with E-state index >= 15 is 0 Å². The molecule has 4 rings (SSSR count). The zero-order chi connectivity index (χ0) is 21.2. The first-order chi connectivity index (χ1) is 13.4. The number of alkyl halides is 5. The summed E-state index contributed by atoms with van der Waals surface area (Å²) in [5.74, 6) is -3.96. The van der Waals surface area contributed by atoms with Gasteiger partial charge in [-0.15, -0.1) is 0 Å². The molecule has 1 aromatic carbocycles. The number of allylic oxidation sites excluding steroid dienone is 1. The zero-order valence-electron chi connectivity index (χ0n) is 14.8. The Morgan fingerprint density at radius 1 is 1.24 bits per heavy atom. The van der Waals surface area contributed by atoms with Crippen LogP contribution in [0.5, 0.6) is 5.75 Å². The molecule has 1 N–H and O–H groups in total. The van der Waals surface area contributed by atoms with Gasteiger partial charge in [0.2, 0.25) is 0 Å². The zero-order valence-corrected chi connectivity index (χ0v) is 15.7. The van der Waals surface area contributed by atoms with Crippen LogP contribution in [0.4, 0.5) is 22.0 Å². The van der Waals surface area contributed by atoms with E-state index in [4.69, 9.17) is 4.74 Å². The fourth-order valence-corrected chi connectivity index (χ4v) is 5.05. The summed E-state index contributed by atoms with van der Waals surface area (Å²) < 4.78 is 97.0. The first-order valence-electron chi connectivity index (χ1n) is 8.85. The summed E-state index contributed by atoms with van der Waals surface area (Å²) in [7, 11) is -5.93. The Morgan fingerprint density at radius 2 is 1.97 bits per heavy atom. The minimum atomic E-state index is -5.93. The number of rotatable bonds is 3. The van der Waals surface area contributed by atoms with Gasteiger partial charge in [0.05, 0.1) is 11.4 Å². The van der Waals surface area contributed by atoms with Gasteiger partial charge in [0.25, 0.3) is 15.8 Å². The molecule has 1 heterocycles. The van der Waals surface area contributed by atoms with Crippen molar-refractivity contribution in [1.82, 2.24) is 0 Å². The van der Waals surface area contributed by atoms with Crippen LogP contribution in [0.1, 0.15) is 36.5 Å². The van der Waals surface area contributed by atoms with E-state index in [0.29, 0.717) is 19.0 Å². The second-order valence-electron chi connectivity index (χ2n) is 7.26. The maximum atomic E-state index is 14.2. The summed E-state index contributed by atoms with van der Waals surface area (Å²) in [6.45, 7) is 0.390. The Morgan fingerprint density at radius 3 is 2.66 bits per heavy atom. The Labute approximate surface area is 162 Å². The molecular formula is C18H16F5NO4S. The molecule has 0 saturated heterocycles. The smallest absolute Gasteiger partial charge is 0.486 e. The number of aliphatic hydroxyl groups is 1. The average molecular weight is 437 g/mol. The molecule has 2 atom stereocenters. The van der Waals surface area contributed by atoms with Gasteiger partial charge in [-0.3, -0.25) is 4.99 Å². The van der Waals surface area contributed by atoms with E-state index in [9.17, 15) is 35.5 Å². The van der Waals surface area contributed by atoms with Crippen LogP contribution in [0.2, 0.25) is 0 Å². The van der Waals surface area contributed by atoms with Crippen molar-refractivity contribution in [2.45, 2.75) is 54.2 Å². The number of hydrogen-bond acceptors (Lipinski definition) is 5. The highest BCUT2D eigenvalue weighted by Crippen LogP contribution is 2.51. The number of aliphatic hydroxyl groups excluding tert-OH is 1. The SMILES string of the molecule is O=S(=O)(c1ccc(O[C@@H]2CCCC3=C2CN=C3)c2c1[C@H](O)C(F)(F)C2)C(F)(F)F.